The average molecular weight is 395 g/mol. The van der Waals surface area contributed by atoms with Crippen molar-refractivity contribution in [2.75, 3.05) is 6.54 Å². The van der Waals surface area contributed by atoms with Crippen molar-refractivity contribution in [3.63, 3.8) is 0 Å². The van der Waals surface area contributed by atoms with Crippen molar-refractivity contribution in [1.29, 1.82) is 0 Å². The first-order chi connectivity index (χ1) is 13.5. The minimum Gasteiger partial charge on any atom is -0.507 e. The number of hydrogen-bond acceptors (Lipinski definition) is 4. The molecule has 2 heterocycles. The molecule has 3 aromatic rings. The lowest BCUT2D eigenvalue weighted by atomic mass is 9.78. The fourth-order valence-corrected chi connectivity index (χ4v) is 3.36. The van der Waals surface area contributed by atoms with Crippen molar-refractivity contribution in [3.05, 3.63) is 59.0 Å². The van der Waals surface area contributed by atoms with E-state index in [-0.39, 0.29) is 22.5 Å². The number of nitrogens with zero attached hydrogens (tertiary/aromatic N) is 3. The molecule has 0 atom stereocenters. The Hall–Kier alpha value is -2.89. The first kappa shape index (κ1) is 20.8. The van der Waals surface area contributed by atoms with Gasteiger partial charge < -0.3 is 10.4 Å². The Balaban J connectivity index is 1.81. The lowest BCUT2D eigenvalue weighted by molar-refractivity contribution is 0.0953. The molecule has 6 heteroatoms. The molecular weight excluding hydrogens is 364 g/mol. The molecule has 0 saturated carbocycles. The van der Waals surface area contributed by atoms with Gasteiger partial charge in [-0.05, 0) is 35.1 Å². The predicted octanol–water partition coefficient (Wildman–Crippen LogP) is 4.00. The van der Waals surface area contributed by atoms with Gasteiger partial charge in [0.05, 0.1) is 0 Å². The van der Waals surface area contributed by atoms with E-state index in [2.05, 4.69) is 15.5 Å². The normalized spacial score (nSPS) is 12.3. The molecule has 0 aliphatic rings. The summed E-state index contributed by atoms with van der Waals surface area (Å²) in [7, 11) is 0. The SMILES string of the molecule is CC(C)(C)c1cc(C(=O)NCCc2nnc3ccccn23)cc(C(C)(C)C)c1O. The monoisotopic (exact) mass is 394 g/mol. The number of carbonyl (C=O) groups excluding carboxylic acids is 1. The summed E-state index contributed by atoms with van der Waals surface area (Å²) >= 11 is 0. The fraction of sp³-hybridized carbons (Fsp3) is 0.435. The maximum absolute atomic E-state index is 12.9. The quantitative estimate of drug-likeness (QED) is 0.701. The number of aromatic nitrogens is 3. The first-order valence-electron chi connectivity index (χ1n) is 9.93. The molecule has 0 bridgehead atoms. The number of phenolic OH excluding ortho intramolecular Hbond substituents is 1. The molecule has 1 amide bonds. The van der Waals surface area contributed by atoms with Gasteiger partial charge in [-0.15, -0.1) is 10.2 Å². The highest BCUT2D eigenvalue weighted by molar-refractivity contribution is 5.95. The number of phenols is 1. The van der Waals surface area contributed by atoms with Crippen LogP contribution in [0.25, 0.3) is 5.65 Å². The van der Waals surface area contributed by atoms with Crippen LogP contribution in [-0.2, 0) is 17.3 Å². The lowest BCUT2D eigenvalue weighted by Crippen LogP contribution is -2.27. The van der Waals surface area contributed by atoms with Gasteiger partial charge in [0.25, 0.3) is 5.91 Å². The molecule has 0 aliphatic heterocycles. The zero-order valence-electron chi connectivity index (χ0n) is 18.1. The highest BCUT2D eigenvalue weighted by Crippen LogP contribution is 2.39. The summed E-state index contributed by atoms with van der Waals surface area (Å²) in [5.74, 6) is 0.920. The maximum Gasteiger partial charge on any atom is 0.251 e. The molecule has 2 N–H and O–H groups in total. The molecule has 154 valence electrons. The van der Waals surface area contributed by atoms with Crippen molar-refractivity contribution in [2.24, 2.45) is 0 Å². The first-order valence-corrected chi connectivity index (χ1v) is 9.93. The Morgan fingerprint density at radius 3 is 2.24 bits per heavy atom. The molecule has 1 aromatic carbocycles. The van der Waals surface area contributed by atoms with E-state index in [4.69, 9.17) is 0 Å². The van der Waals surface area contributed by atoms with Gasteiger partial charge in [0, 0.05) is 35.9 Å². The third-order valence-electron chi connectivity index (χ3n) is 5.01. The van der Waals surface area contributed by atoms with E-state index >= 15 is 0 Å². The predicted molar refractivity (Wildman–Crippen MR) is 115 cm³/mol. The highest BCUT2D eigenvalue weighted by atomic mass is 16.3. The Kier molecular flexibility index (Phi) is 5.39. The standard InChI is InChI=1S/C23H30N4O2/c1-22(2,3)16-13-15(14-17(20(16)28)23(4,5)6)21(29)24-11-10-19-26-25-18-9-7-8-12-27(18)19/h7-9,12-14,28H,10-11H2,1-6H3,(H,24,29). The van der Waals surface area contributed by atoms with E-state index in [1.54, 1.807) is 12.1 Å². The zero-order chi connectivity index (χ0) is 21.4. The van der Waals surface area contributed by atoms with Crippen LogP contribution in [0.5, 0.6) is 5.75 Å². The van der Waals surface area contributed by atoms with Gasteiger partial charge in [0.15, 0.2) is 5.65 Å². The van der Waals surface area contributed by atoms with E-state index in [0.29, 0.717) is 18.5 Å². The van der Waals surface area contributed by atoms with Crippen molar-refractivity contribution >= 4 is 11.6 Å². The summed E-state index contributed by atoms with van der Waals surface area (Å²) in [5, 5.41) is 22.1. The molecule has 0 fully saturated rings. The Morgan fingerprint density at radius 2 is 1.66 bits per heavy atom. The number of fused-ring (bicyclic) bond motifs is 1. The second kappa shape index (κ2) is 7.50. The number of carbonyl (C=O) groups is 1. The van der Waals surface area contributed by atoms with Crippen LogP contribution in [-0.4, -0.2) is 32.2 Å². The van der Waals surface area contributed by atoms with E-state index in [1.165, 1.54) is 0 Å². The Bertz CT molecular complexity index is 1000. The number of benzene rings is 1. The van der Waals surface area contributed by atoms with Crippen molar-refractivity contribution < 1.29 is 9.90 Å². The van der Waals surface area contributed by atoms with E-state index < -0.39 is 0 Å². The maximum atomic E-state index is 12.9. The second-order valence-electron chi connectivity index (χ2n) is 9.47. The largest absolute Gasteiger partial charge is 0.507 e. The van der Waals surface area contributed by atoms with Crippen LogP contribution in [0, 0.1) is 0 Å². The van der Waals surface area contributed by atoms with Gasteiger partial charge in [0.2, 0.25) is 0 Å². The van der Waals surface area contributed by atoms with E-state index in [0.717, 1.165) is 22.6 Å². The van der Waals surface area contributed by atoms with Crippen LogP contribution in [0.3, 0.4) is 0 Å². The molecule has 3 rings (SSSR count). The van der Waals surface area contributed by atoms with Crippen LogP contribution in [0.4, 0.5) is 0 Å². The van der Waals surface area contributed by atoms with Crippen LogP contribution in [0.2, 0.25) is 0 Å². The minimum absolute atomic E-state index is 0.158. The van der Waals surface area contributed by atoms with Crippen molar-refractivity contribution in [2.45, 2.75) is 58.8 Å². The fourth-order valence-electron chi connectivity index (χ4n) is 3.36. The number of hydrogen-bond donors (Lipinski definition) is 2. The average Bonchev–Trinajstić information content (AvgIpc) is 3.03. The topological polar surface area (TPSA) is 79.5 Å². The van der Waals surface area contributed by atoms with Crippen molar-refractivity contribution in [3.8, 4) is 5.75 Å². The molecule has 0 radical (unpaired) electrons. The molecule has 29 heavy (non-hydrogen) atoms. The van der Waals surface area contributed by atoms with Gasteiger partial charge in [-0.25, -0.2) is 0 Å². The smallest absolute Gasteiger partial charge is 0.251 e. The second-order valence-corrected chi connectivity index (χ2v) is 9.47. The summed E-state index contributed by atoms with van der Waals surface area (Å²) in [6.45, 7) is 12.7. The minimum atomic E-state index is -0.277. The molecule has 2 aromatic heterocycles. The Labute approximate surface area is 172 Å². The molecule has 0 saturated heterocycles. The third-order valence-corrected chi connectivity index (χ3v) is 5.01. The summed E-state index contributed by atoms with van der Waals surface area (Å²) in [6.07, 6.45) is 2.49. The highest BCUT2D eigenvalue weighted by Gasteiger charge is 2.27. The van der Waals surface area contributed by atoms with Crippen LogP contribution >= 0.6 is 0 Å². The van der Waals surface area contributed by atoms with Crippen LogP contribution < -0.4 is 5.32 Å². The number of aromatic hydroxyl groups is 1. The van der Waals surface area contributed by atoms with Gasteiger partial charge in [0.1, 0.15) is 11.6 Å². The summed E-state index contributed by atoms with van der Waals surface area (Å²) < 4.78 is 1.92. The molecule has 0 aliphatic carbocycles. The molecule has 0 unspecified atom stereocenters. The summed E-state index contributed by atoms with van der Waals surface area (Å²) in [6, 6.07) is 9.34. The van der Waals surface area contributed by atoms with E-state index in [9.17, 15) is 9.90 Å². The summed E-state index contributed by atoms with van der Waals surface area (Å²) in [5.41, 5.74) is 2.35. The summed E-state index contributed by atoms with van der Waals surface area (Å²) in [4.78, 5) is 12.9. The van der Waals surface area contributed by atoms with Gasteiger partial charge in [-0.1, -0.05) is 47.6 Å². The zero-order valence-corrected chi connectivity index (χ0v) is 18.1. The number of pyridine rings is 1. The number of rotatable bonds is 4. The number of nitrogens with one attached hydrogen (secondary N) is 1. The molecule has 0 spiro atoms. The van der Waals surface area contributed by atoms with Gasteiger partial charge in [-0.2, -0.15) is 0 Å². The van der Waals surface area contributed by atoms with Crippen LogP contribution in [0.1, 0.15) is 68.9 Å². The van der Waals surface area contributed by atoms with Gasteiger partial charge in [-0.3, -0.25) is 9.20 Å². The van der Waals surface area contributed by atoms with E-state index in [1.807, 2.05) is 70.3 Å². The molecular formula is C23H30N4O2. The van der Waals surface area contributed by atoms with Crippen LogP contribution in [0.15, 0.2) is 36.5 Å². The van der Waals surface area contributed by atoms with Gasteiger partial charge >= 0.3 is 0 Å². The molecule has 6 nitrogen and oxygen atoms in total. The number of amides is 1. The van der Waals surface area contributed by atoms with Crippen molar-refractivity contribution in [1.82, 2.24) is 19.9 Å². The third kappa shape index (κ3) is 4.42. The lowest BCUT2D eigenvalue weighted by Gasteiger charge is -2.28. The Morgan fingerprint density at radius 1 is 1.03 bits per heavy atom.